The van der Waals surface area contributed by atoms with Gasteiger partial charge in [0, 0.05) is 20.6 Å². The molecule has 1 fully saturated rings. The van der Waals surface area contributed by atoms with Crippen LogP contribution in [-0.2, 0) is 19.6 Å². The summed E-state index contributed by atoms with van der Waals surface area (Å²) in [4.78, 5) is 26.7. The quantitative estimate of drug-likeness (QED) is 0.773. The van der Waals surface area contributed by atoms with E-state index in [0.29, 0.717) is 25.1 Å². The first kappa shape index (κ1) is 23.0. The summed E-state index contributed by atoms with van der Waals surface area (Å²) in [5, 5.41) is 2.71. The third-order valence-corrected chi connectivity index (χ3v) is 6.20. The van der Waals surface area contributed by atoms with Gasteiger partial charge < -0.3 is 14.8 Å². The molecule has 162 valence electrons. The van der Waals surface area contributed by atoms with Gasteiger partial charge in [-0.05, 0) is 51.8 Å². The number of sulfonamides is 1. The molecule has 1 aromatic rings. The van der Waals surface area contributed by atoms with Crippen molar-refractivity contribution in [1.82, 2.24) is 9.21 Å². The van der Waals surface area contributed by atoms with Crippen LogP contribution >= 0.6 is 0 Å². The van der Waals surface area contributed by atoms with Gasteiger partial charge in [-0.1, -0.05) is 0 Å². The summed E-state index contributed by atoms with van der Waals surface area (Å²) >= 11 is 0. The molecule has 1 aliphatic heterocycles. The number of nitrogens with one attached hydrogen (secondary N) is 1. The lowest BCUT2D eigenvalue weighted by Crippen LogP contribution is -2.45. The van der Waals surface area contributed by atoms with Gasteiger partial charge in [0.1, 0.15) is 17.4 Å². The summed E-state index contributed by atoms with van der Waals surface area (Å²) in [6.45, 7) is 5.70. The van der Waals surface area contributed by atoms with Crippen LogP contribution in [-0.4, -0.2) is 69.0 Å². The van der Waals surface area contributed by atoms with Gasteiger partial charge in [0.2, 0.25) is 15.9 Å². The fraction of sp³-hybridized carbons (Fsp3) is 0.579. The number of carbonyl (C=O) groups excluding carboxylic acids is 2. The van der Waals surface area contributed by atoms with Crippen molar-refractivity contribution < 1.29 is 27.5 Å². The van der Waals surface area contributed by atoms with Crippen molar-refractivity contribution in [3.05, 3.63) is 18.2 Å². The van der Waals surface area contributed by atoms with Gasteiger partial charge in [-0.25, -0.2) is 17.5 Å². The molecular formula is C19H29N3O6S. The van der Waals surface area contributed by atoms with Crippen LogP contribution in [0.2, 0.25) is 0 Å². The van der Waals surface area contributed by atoms with Crippen molar-refractivity contribution in [2.45, 2.75) is 50.2 Å². The number of ether oxygens (including phenoxy) is 2. The van der Waals surface area contributed by atoms with Gasteiger partial charge >= 0.3 is 6.09 Å². The number of carbonyl (C=O) groups is 2. The van der Waals surface area contributed by atoms with Gasteiger partial charge in [0.05, 0.1) is 17.7 Å². The number of amides is 2. The first-order valence-electron chi connectivity index (χ1n) is 9.28. The van der Waals surface area contributed by atoms with Crippen LogP contribution in [0.25, 0.3) is 0 Å². The van der Waals surface area contributed by atoms with Crippen molar-refractivity contribution >= 4 is 27.7 Å². The van der Waals surface area contributed by atoms with E-state index < -0.39 is 33.7 Å². The minimum atomic E-state index is -3.68. The third-order valence-electron chi connectivity index (χ3n) is 4.39. The van der Waals surface area contributed by atoms with Crippen molar-refractivity contribution in [3.63, 3.8) is 0 Å². The highest BCUT2D eigenvalue weighted by Gasteiger charge is 2.37. The first-order chi connectivity index (χ1) is 13.4. The van der Waals surface area contributed by atoms with Crippen LogP contribution in [0.4, 0.5) is 10.5 Å². The van der Waals surface area contributed by atoms with Gasteiger partial charge in [0.15, 0.2) is 0 Å². The highest BCUT2D eigenvalue weighted by molar-refractivity contribution is 7.89. The summed E-state index contributed by atoms with van der Waals surface area (Å²) in [7, 11) is 0.594. The second kappa shape index (κ2) is 8.58. The number of nitrogens with zero attached hydrogens (tertiary/aromatic N) is 2. The Morgan fingerprint density at radius 3 is 2.45 bits per heavy atom. The maximum Gasteiger partial charge on any atom is 0.410 e. The van der Waals surface area contributed by atoms with E-state index in [1.807, 2.05) is 0 Å². The zero-order valence-corrected chi connectivity index (χ0v) is 18.5. The van der Waals surface area contributed by atoms with E-state index in [2.05, 4.69) is 5.32 Å². The topological polar surface area (TPSA) is 105 Å². The SMILES string of the molecule is COc1ccc(S(=O)(=O)N(C)C)cc1NC(=O)[C@@H]1CCCN1C(=O)OC(C)(C)C. The predicted octanol–water partition coefficient (Wildman–Crippen LogP) is 2.28. The fourth-order valence-corrected chi connectivity index (χ4v) is 3.88. The van der Waals surface area contributed by atoms with E-state index in [1.165, 1.54) is 44.3 Å². The zero-order chi connectivity index (χ0) is 22.0. The van der Waals surface area contributed by atoms with Crippen molar-refractivity contribution in [1.29, 1.82) is 0 Å². The molecule has 0 spiro atoms. The monoisotopic (exact) mass is 427 g/mol. The number of anilines is 1. The lowest BCUT2D eigenvalue weighted by atomic mass is 10.2. The van der Waals surface area contributed by atoms with E-state index in [-0.39, 0.29) is 10.6 Å². The number of hydrogen-bond acceptors (Lipinski definition) is 6. The second-order valence-corrected chi connectivity index (χ2v) is 10.1. The molecule has 1 aliphatic rings. The molecule has 1 N–H and O–H groups in total. The first-order valence-corrected chi connectivity index (χ1v) is 10.7. The van der Waals surface area contributed by atoms with Crippen molar-refractivity contribution in [2.75, 3.05) is 33.1 Å². The Kier molecular flexibility index (Phi) is 6.79. The molecule has 0 aliphatic carbocycles. The van der Waals surface area contributed by atoms with Crippen LogP contribution in [0.5, 0.6) is 5.75 Å². The molecule has 9 nitrogen and oxygen atoms in total. The number of likely N-dealkylation sites (tertiary alicyclic amines) is 1. The van der Waals surface area contributed by atoms with E-state index in [0.717, 1.165) is 4.31 Å². The Morgan fingerprint density at radius 1 is 1.24 bits per heavy atom. The Bertz CT molecular complexity index is 876. The summed E-state index contributed by atoms with van der Waals surface area (Å²) in [5.41, 5.74) is -0.449. The van der Waals surface area contributed by atoms with Crippen LogP contribution in [0.15, 0.2) is 23.1 Å². The molecule has 0 aromatic heterocycles. The van der Waals surface area contributed by atoms with Gasteiger partial charge in [-0.15, -0.1) is 0 Å². The minimum Gasteiger partial charge on any atom is -0.495 e. The Balaban J connectivity index is 2.26. The van der Waals surface area contributed by atoms with Crippen LogP contribution in [0.1, 0.15) is 33.6 Å². The third kappa shape index (κ3) is 5.39. The average Bonchev–Trinajstić information content (AvgIpc) is 3.10. The maximum absolute atomic E-state index is 12.9. The molecule has 0 unspecified atom stereocenters. The van der Waals surface area contributed by atoms with Crippen LogP contribution in [0, 0.1) is 0 Å². The molecular weight excluding hydrogens is 398 g/mol. The summed E-state index contributed by atoms with van der Waals surface area (Å²) in [6, 6.07) is 3.53. The smallest absolute Gasteiger partial charge is 0.410 e. The number of methoxy groups -OCH3 is 1. The lowest BCUT2D eigenvalue weighted by Gasteiger charge is -2.28. The van der Waals surface area contributed by atoms with E-state index in [1.54, 1.807) is 20.8 Å². The van der Waals surface area contributed by atoms with Gasteiger partial charge in [-0.2, -0.15) is 0 Å². The molecule has 1 saturated heterocycles. The van der Waals surface area contributed by atoms with Crippen molar-refractivity contribution in [2.24, 2.45) is 0 Å². The molecule has 1 atom stereocenters. The normalized spacial score (nSPS) is 17.3. The van der Waals surface area contributed by atoms with Gasteiger partial charge in [-0.3, -0.25) is 9.69 Å². The standard InChI is InChI=1S/C19H29N3O6S/c1-19(2,3)28-18(24)22-11-7-8-15(22)17(23)20-14-12-13(9-10-16(14)27-6)29(25,26)21(4)5/h9-10,12,15H,7-8,11H2,1-6H3,(H,20,23)/t15-/m0/s1. The molecule has 0 saturated carbocycles. The summed E-state index contributed by atoms with van der Waals surface area (Å²) < 4.78 is 36.5. The van der Waals surface area contributed by atoms with E-state index >= 15 is 0 Å². The molecule has 0 radical (unpaired) electrons. The predicted molar refractivity (Wildman–Crippen MR) is 108 cm³/mol. The summed E-state index contributed by atoms with van der Waals surface area (Å²) in [6.07, 6.45) is 0.609. The van der Waals surface area contributed by atoms with Crippen LogP contribution < -0.4 is 10.1 Å². The van der Waals surface area contributed by atoms with E-state index in [4.69, 9.17) is 9.47 Å². The maximum atomic E-state index is 12.9. The minimum absolute atomic E-state index is 0.0222. The number of benzene rings is 1. The molecule has 2 rings (SSSR count). The highest BCUT2D eigenvalue weighted by Crippen LogP contribution is 2.30. The van der Waals surface area contributed by atoms with Crippen molar-refractivity contribution in [3.8, 4) is 5.75 Å². The Morgan fingerprint density at radius 2 is 1.90 bits per heavy atom. The average molecular weight is 428 g/mol. The zero-order valence-electron chi connectivity index (χ0n) is 17.7. The Labute approximate surface area is 172 Å². The van der Waals surface area contributed by atoms with Crippen LogP contribution in [0.3, 0.4) is 0 Å². The molecule has 1 aromatic carbocycles. The fourth-order valence-electron chi connectivity index (χ4n) is 2.95. The summed E-state index contributed by atoms with van der Waals surface area (Å²) in [5.74, 6) is -0.107. The van der Waals surface area contributed by atoms with Gasteiger partial charge in [0.25, 0.3) is 0 Å². The largest absolute Gasteiger partial charge is 0.495 e. The molecule has 0 bridgehead atoms. The lowest BCUT2D eigenvalue weighted by molar-refractivity contribution is -0.120. The molecule has 1 heterocycles. The Hall–Kier alpha value is -2.33. The number of hydrogen-bond donors (Lipinski definition) is 1. The number of rotatable bonds is 5. The molecule has 2 amide bonds. The highest BCUT2D eigenvalue weighted by atomic mass is 32.2. The molecule has 10 heteroatoms. The van der Waals surface area contributed by atoms with E-state index in [9.17, 15) is 18.0 Å². The second-order valence-electron chi connectivity index (χ2n) is 7.97. The molecule has 29 heavy (non-hydrogen) atoms.